The van der Waals surface area contributed by atoms with Gasteiger partial charge >= 0.3 is 0 Å². The summed E-state index contributed by atoms with van der Waals surface area (Å²) in [5.41, 5.74) is 3.14. The van der Waals surface area contributed by atoms with Gasteiger partial charge in [0.1, 0.15) is 5.75 Å². The summed E-state index contributed by atoms with van der Waals surface area (Å²) < 4.78 is 5.82. The van der Waals surface area contributed by atoms with Crippen LogP contribution in [0.4, 0.5) is 0 Å². The molecular weight excluding hydrogens is 290 g/mol. The summed E-state index contributed by atoms with van der Waals surface area (Å²) in [4.78, 5) is 12.7. The molecule has 118 valence electrons. The summed E-state index contributed by atoms with van der Waals surface area (Å²) in [6.45, 7) is 2.00. The first-order valence-electron chi connectivity index (χ1n) is 7.97. The lowest BCUT2D eigenvalue weighted by molar-refractivity contribution is -0.129. The first kappa shape index (κ1) is 14.3. The molecule has 0 radical (unpaired) electrons. The Kier molecular flexibility index (Phi) is 3.34. The van der Waals surface area contributed by atoms with Crippen LogP contribution in [-0.4, -0.2) is 23.2 Å². The van der Waals surface area contributed by atoms with Crippen molar-refractivity contribution in [3.8, 4) is 5.75 Å². The van der Waals surface area contributed by atoms with Crippen LogP contribution >= 0.6 is 0 Å². The van der Waals surface area contributed by atoms with Gasteiger partial charge in [-0.05, 0) is 17.2 Å². The monoisotopic (exact) mass is 309 g/mol. The Balaban J connectivity index is 1.54. The fourth-order valence-electron chi connectivity index (χ4n) is 3.63. The predicted octanol–water partition coefficient (Wildman–Crippen LogP) is 2.33. The maximum Gasteiger partial charge on any atom is 0.262 e. The number of hydrogen-bond donors (Lipinski definition) is 2. The van der Waals surface area contributed by atoms with Crippen molar-refractivity contribution in [2.45, 2.75) is 37.5 Å². The largest absolute Gasteiger partial charge is 0.480 e. The van der Waals surface area contributed by atoms with E-state index in [4.69, 9.17) is 4.74 Å². The van der Waals surface area contributed by atoms with Crippen molar-refractivity contribution < 1.29 is 14.6 Å². The number of nitrogens with one attached hydrogen (secondary N) is 1. The molecule has 0 bridgehead atoms. The fraction of sp³-hybridized carbons (Fsp3) is 0.316. The Morgan fingerprint density at radius 2 is 1.83 bits per heavy atom. The lowest BCUT2D eigenvalue weighted by atomic mass is 9.96. The highest BCUT2D eigenvalue weighted by Crippen LogP contribution is 2.38. The Morgan fingerprint density at radius 3 is 2.61 bits per heavy atom. The van der Waals surface area contributed by atoms with Crippen molar-refractivity contribution in [3.05, 3.63) is 65.2 Å². The van der Waals surface area contributed by atoms with Crippen molar-refractivity contribution >= 4 is 5.91 Å². The number of aliphatic hydroxyl groups is 1. The van der Waals surface area contributed by atoms with Crippen molar-refractivity contribution in [1.29, 1.82) is 0 Å². The summed E-state index contributed by atoms with van der Waals surface area (Å²) in [6, 6.07) is 15.2. The summed E-state index contributed by atoms with van der Waals surface area (Å²) in [5, 5.41) is 13.3. The van der Waals surface area contributed by atoms with Crippen molar-refractivity contribution in [2.24, 2.45) is 0 Å². The molecule has 2 aliphatic rings. The molecule has 1 amide bonds. The highest BCUT2D eigenvalue weighted by atomic mass is 16.5. The van der Waals surface area contributed by atoms with Crippen LogP contribution in [0.3, 0.4) is 0 Å². The van der Waals surface area contributed by atoms with E-state index in [0.717, 1.165) is 22.4 Å². The number of ether oxygens (including phenoxy) is 1. The zero-order valence-electron chi connectivity index (χ0n) is 12.9. The zero-order valence-corrected chi connectivity index (χ0v) is 12.9. The van der Waals surface area contributed by atoms with E-state index in [1.165, 1.54) is 0 Å². The van der Waals surface area contributed by atoms with Crippen LogP contribution in [-0.2, 0) is 11.2 Å². The molecular formula is C19H19NO3. The third-order valence-electron chi connectivity index (χ3n) is 4.88. The molecule has 2 aromatic carbocycles. The predicted molar refractivity (Wildman–Crippen MR) is 86.3 cm³/mol. The Labute approximate surface area is 135 Å². The second kappa shape index (κ2) is 5.39. The number of rotatable bonds is 2. The van der Waals surface area contributed by atoms with Crippen LogP contribution in [0, 0.1) is 0 Å². The van der Waals surface area contributed by atoms with Crippen LogP contribution in [0.2, 0.25) is 0 Å². The third-order valence-corrected chi connectivity index (χ3v) is 4.88. The average molecular weight is 309 g/mol. The van der Waals surface area contributed by atoms with Gasteiger partial charge in [-0.1, -0.05) is 49.4 Å². The third kappa shape index (κ3) is 2.30. The van der Waals surface area contributed by atoms with Crippen LogP contribution in [0.15, 0.2) is 48.5 Å². The standard InChI is InChI=1S/C19H19NO3/c1-11-13-7-4-5-9-16(13)23-18(11)19(22)20-17-14-8-3-2-6-12(14)10-15(17)21/h2-9,11,15,17-18,21H,10H2,1H3,(H,20,22). The molecule has 1 aliphatic heterocycles. The maximum atomic E-state index is 12.7. The first-order chi connectivity index (χ1) is 11.1. The van der Waals surface area contributed by atoms with Gasteiger partial charge in [-0.25, -0.2) is 0 Å². The highest BCUT2D eigenvalue weighted by molar-refractivity contribution is 5.84. The van der Waals surface area contributed by atoms with Gasteiger partial charge in [0.15, 0.2) is 6.10 Å². The van der Waals surface area contributed by atoms with Gasteiger partial charge in [-0.2, -0.15) is 0 Å². The smallest absolute Gasteiger partial charge is 0.262 e. The SMILES string of the molecule is CC1c2ccccc2OC1C(=O)NC1c2ccccc2CC1O. The van der Waals surface area contributed by atoms with Crippen LogP contribution in [0.5, 0.6) is 5.75 Å². The van der Waals surface area contributed by atoms with Gasteiger partial charge in [0, 0.05) is 17.9 Å². The molecule has 1 aliphatic carbocycles. The Morgan fingerprint density at radius 1 is 1.13 bits per heavy atom. The minimum atomic E-state index is -0.588. The van der Waals surface area contributed by atoms with Gasteiger partial charge in [0.25, 0.3) is 5.91 Å². The van der Waals surface area contributed by atoms with Gasteiger partial charge in [0.05, 0.1) is 12.1 Å². The van der Waals surface area contributed by atoms with Crippen molar-refractivity contribution in [2.75, 3.05) is 0 Å². The number of para-hydroxylation sites is 1. The molecule has 0 saturated carbocycles. The Hall–Kier alpha value is -2.33. The van der Waals surface area contributed by atoms with Gasteiger partial charge in [-0.15, -0.1) is 0 Å². The van der Waals surface area contributed by atoms with Crippen molar-refractivity contribution in [3.63, 3.8) is 0 Å². The van der Waals surface area contributed by atoms with E-state index in [1.54, 1.807) is 0 Å². The van der Waals surface area contributed by atoms with Gasteiger partial charge in [-0.3, -0.25) is 4.79 Å². The fourth-order valence-corrected chi connectivity index (χ4v) is 3.63. The molecule has 4 unspecified atom stereocenters. The summed E-state index contributed by atoms with van der Waals surface area (Å²) >= 11 is 0. The molecule has 0 saturated heterocycles. The van der Waals surface area contributed by atoms with E-state index in [1.807, 2.05) is 55.5 Å². The molecule has 4 heteroatoms. The number of aliphatic hydroxyl groups excluding tert-OH is 1. The Bertz CT molecular complexity index is 758. The van der Waals surface area contributed by atoms with Gasteiger partial charge in [0.2, 0.25) is 0 Å². The number of amides is 1. The topological polar surface area (TPSA) is 58.6 Å². The van der Waals surface area contributed by atoms with E-state index in [9.17, 15) is 9.90 Å². The number of hydrogen-bond acceptors (Lipinski definition) is 3. The highest BCUT2D eigenvalue weighted by Gasteiger charge is 2.39. The molecule has 4 nitrogen and oxygen atoms in total. The number of fused-ring (bicyclic) bond motifs is 2. The number of carbonyl (C=O) groups is 1. The summed E-state index contributed by atoms with van der Waals surface area (Å²) in [7, 11) is 0. The minimum absolute atomic E-state index is 0.00000955. The maximum absolute atomic E-state index is 12.7. The van der Waals surface area contributed by atoms with Crippen LogP contribution in [0.25, 0.3) is 0 Å². The summed E-state index contributed by atoms with van der Waals surface area (Å²) in [5.74, 6) is 0.599. The van der Waals surface area contributed by atoms with Crippen molar-refractivity contribution in [1.82, 2.24) is 5.32 Å². The molecule has 1 heterocycles. The average Bonchev–Trinajstić information content (AvgIpc) is 3.06. The van der Waals surface area contributed by atoms with E-state index < -0.39 is 12.2 Å². The second-order valence-electron chi connectivity index (χ2n) is 6.32. The lowest BCUT2D eigenvalue weighted by Gasteiger charge is -2.22. The first-order valence-corrected chi connectivity index (χ1v) is 7.97. The number of carbonyl (C=O) groups excluding carboxylic acids is 1. The normalized spacial score (nSPS) is 27.9. The van der Waals surface area contributed by atoms with Gasteiger partial charge < -0.3 is 15.2 Å². The zero-order chi connectivity index (χ0) is 16.0. The van der Waals surface area contributed by atoms with E-state index in [-0.39, 0.29) is 17.9 Å². The van der Waals surface area contributed by atoms with E-state index in [2.05, 4.69) is 5.32 Å². The number of benzene rings is 2. The lowest BCUT2D eigenvalue weighted by Crippen LogP contribution is -2.43. The summed E-state index contributed by atoms with van der Waals surface area (Å²) in [6.07, 6.45) is -0.564. The molecule has 4 rings (SSSR count). The quantitative estimate of drug-likeness (QED) is 0.895. The minimum Gasteiger partial charge on any atom is -0.480 e. The van der Waals surface area contributed by atoms with Crippen LogP contribution < -0.4 is 10.1 Å². The molecule has 23 heavy (non-hydrogen) atoms. The molecule has 2 N–H and O–H groups in total. The van der Waals surface area contributed by atoms with Crippen LogP contribution in [0.1, 0.15) is 35.6 Å². The molecule has 2 aromatic rings. The van der Waals surface area contributed by atoms with E-state index >= 15 is 0 Å². The molecule has 0 spiro atoms. The molecule has 0 aromatic heterocycles. The molecule has 4 atom stereocenters. The molecule has 0 fully saturated rings. The second-order valence-corrected chi connectivity index (χ2v) is 6.32. The van der Waals surface area contributed by atoms with E-state index in [0.29, 0.717) is 6.42 Å².